The molecule has 0 aliphatic heterocycles. The highest BCUT2D eigenvalue weighted by molar-refractivity contribution is 9.10. The molecule has 0 spiro atoms. The summed E-state index contributed by atoms with van der Waals surface area (Å²) >= 11 is 3.35. The van der Waals surface area contributed by atoms with Gasteiger partial charge < -0.3 is 14.6 Å². The van der Waals surface area contributed by atoms with E-state index in [2.05, 4.69) is 15.9 Å². The number of aliphatic hydroxyl groups excluding tert-OH is 1. The van der Waals surface area contributed by atoms with E-state index in [1.807, 2.05) is 25.1 Å². The third-order valence-electron chi connectivity index (χ3n) is 1.93. The molecule has 1 rings (SSSR count). The zero-order valence-electron chi connectivity index (χ0n) is 8.87. The van der Waals surface area contributed by atoms with E-state index in [1.54, 1.807) is 6.92 Å². The van der Waals surface area contributed by atoms with Gasteiger partial charge in [0.2, 0.25) is 0 Å². The summed E-state index contributed by atoms with van der Waals surface area (Å²) in [6, 6.07) is 5.52. The monoisotopic (exact) mass is 274 g/mol. The molecule has 0 unspecified atom stereocenters. The Labute approximate surface area is 98.1 Å². The molecule has 1 N–H and O–H groups in total. The normalized spacial score (nSPS) is 12.5. The van der Waals surface area contributed by atoms with Gasteiger partial charge in [-0.1, -0.05) is 22.0 Å². The van der Waals surface area contributed by atoms with Gasteiger partial charge in [-0.3, -0.25) is 0 Å². The lowest BCUT2D eigenvalue weighted by Crippen LogP contribution is -2.05. The second-order valence-electron chi connectivity index (χ2n) is 3.11. The Morgan fingerprint density at radius 1 is 1.47 bits per heavy atom. The maximum atomic E-state index is 9.52. The average molecular weight is 275 g/mol. The Kier molecular flexibility index (Phi) is 5.08. The molecule has 15 heavy (non-hydrogen) atoms. The van der Waals surface area contributed by atoms with Gasteiger partial charge in [0.05, 0.1) is 6.10 Å². The highest BCUT2D eigenvalue weighted by atomic mass is 79.9. The van der Waals surface area contributed by atoms with E-state index < -0.39 is 6.10 Å². The van der Waals surface area contributed by atoms with Crippen molar-refractivity contribution in [1.29, 1.82) is 0 Å². The standard InChI is InChI=1S/C11H15BrO3/c1-3-14-7-15-11-6-9(12)4-5-10(11)8(2)13/h4-6,8,13H,3,7H2,1-2H3/t8-/m0/s1. The van der Waals surface area contributed by atoms with Gasteiger partial charge in [0.1, 0.15) is 5.75 Å². The SMILES string of the molecule is CCOCOc1cc(Br)ccc1[C@H](C)O. The molecule has 1 aromatic carbocycles. The van der Waals surface area contributed by atoms with Gasteiger partial charge in [0.25, 0.3) is 0 Å². The fraction of sp³-hybridized carbons (Fsp3) is 0.455. The summed E-state index contributed by atoms with van der Waals surface area (Å²) in [6.07, 6.45) is -0.547. The predicted molar refractivity (Wildman–Crippen MR) is 61.9 cm³/mol. The lowest BCUT2D eigenvalue weighted by atomic mass is 10.1. The molecule has 3 nitrogen and oxygen atoms in total. The van der Waals surface area contributed by atoms with Crippen molar-refractivity contribution in [3.05, 3.63) is 28.2 Å². The van der Waals surface area contributed by atoms with E-state index in [0.717, 1.165) is 10.0 Å². The minimum Gasteiger partial charge on any atom is -0.467 e. The van der Waals surface area contributed by atoms with Crippen LogP contribution in [0.2, 0.25) is 0 Å². The van der Waals surface area contributed by atoms with E-state index in [9.17, 15) is 5.11 Å². The van der Waals surface area contributed by atoms with E-state index in [-0.39, 0.29) is 6.79 Å². The van der Waals surface area contributed by atoms with Gasteiger partial charge in [-0.05, 0) is 26.0 Å². The molecule has 1 aromatic rings. The third-order valence-corrected chi connectivity index (χ3v) is 2.42. The third kappa shape index (κ3) is 3.81. The van der Waals surface area contributed by atoms with Gasteiger partial charge in [-0.2, -0.15) is 0 Å². The van der Waals surface area contributed by atoms with Crippen LogP contribution in [-0.4, -0.2) is 18.5 Å². The second kappa shape index (κ2) is 6.10. The highest BCUT2D eigenvalue weighted by Crippen LogP contribution is 2.28. The van der Waals surface area contributed by atoms with Gasteiger partial charge in [0, 0.05) is 16.6 Å². The zero-order valence-corrected chi connectivity index (χ0v) is 10.5. The molecule has 0 fully saturated rings. The summed E-state index contributed by atoms with van der Waals surface area (Å²) in [5.41, 5.74) is 0.762. The van der Waals surface area contributed by atoms with Crippen molar-refractivity contribution in [1.82, 2.24) is 0 Å². The van der Waals surface area contributed by atoms with Crippen LogP contribution in [0.15, 0.2) is 22.7 Å². The maximum absolute atomic E-state index is 9.52. The molecule has 0 saturated carbocycles. The lowest BCUT2D eigenvalue weighted by molar-refractivity contribution is 0.0204. The van der Waals surface area contributed by atoms with Crippen molar-refractivity contribution in [3.8, 4) is 5.75 Å². The van der Waals surface area contributed by atoms with Crippen molar-refractivity contribution < 1.29 is 14.6 Å². The minimum absolute atomic E-state index is 0.201. The molecule has 1 atom stereocenters. The summed E-state index contributed by atoms with van der Waals surface area (Å²) < 4.78 is 11.4. The molecule has 0 bridgehead atoms. The topological polar surface area (TPSA) is 38.7 Å². The Morgan fingerprint density at radius 2 is 2.20 bits per heavy atom. The highest BCUT2D eigenvalue weighted by Gasteiger charge is 2.09. The van der Waals surface area contributed by atoms with E-state index in [0.29, 0.717) is 12.4 Å². The van der Waals surface area contributed by atoms with Crippen LogP contribution in [0.3, 0.4) is 0 Å². The van der Waals surface area contributed by atoms with Crippen LogP contribution in [-0.2, 0) is 4.74 Å². The lowest BCUT2D eigenvalue weighted by Gasteiger charge is -2.13. The number of benzene rings is 1. The molecule has 0 heterocycles. The molecule has 0 radical (unpaired) electrons. The number of aliphatic hydroxyl groups is 1. The molecule has 0 aromatic heterocycles. The molecule has 84 valence electrons. The van der Waals surface area contributed by atoms with Crippen LogP contribution in [0.1, 0.15) is 25.5 Å². The van der Waals surface area contributed by atoms with Crippen molar-refractivity contribution in [2.24, 2.45) is 0 Å². The summed E-state index contributed by atoms with van der Waals surface area (Å²) in [5.74, 6) is 0.646. The van der Waals surface area contributed by atoms with Crippen LogP contribution in [0, 0.1) is 0 Å². The Balaban J connectivity index is 2.77. The zero-order chi connectivity index (χ0) is 11.3. The fourth-order valence-electron chi connectivity index (χ4n) is 1.17. The van der Waals surface area contributed by atoms with Crippen molar-refractivity contribution in [2.75, 3.05) is 13.4 Å². The van der Waals surface area contributed by atoms with Gasteiger partial charge >= 0.3 is 0 Å². The molecular weight excluding hydrogens is 260 g/mol. The number of ether oxygens (including phenoxy) is 2. The smallest absolute Gasteiger partial charge is 0.189 e. The largest absolute Gasteiger partial charge is 0.467 e. The van der Waals surface area contributed by atoms with Crippen LogP contribution in [0.25, 0.3) is 0 Å². The Hall–Kier alpha value is -0.580. The van der Waals surface area contributed by atoms with Crippen LogP contribution in [0.5, 0.6) is 5.75 Å². The Bertz CT molecular complexity index is 313. The molecule has 0 saturated heterocycles. The van der Waals surface area contributed by atoms with Crippen molar-refractivity contribution >= 4 is 15.9 Å². The number of hydrogen-bond acceptors (Lipinski definition) is 3. The first-order valence-corrected chi connectivity index (χ1v) is 5.62. The van der Waals surface area contributed by atoms with Crippen LogP contribution < -0.4 is 4.74 Å². The molecule has 0 amide bonds. The first kappa shape index (κ1) is 12.5. The molecular formula is C11H15BrO3. The number of hydrogen-bond donors (Lipinski definition) is 1. The van der Waals surface area contributed by atoms with Gasteiger partial charge in [0.15, 0.2) is 6.79 Å². The summed E-state index contributed by atoms with van der Waals surface area (Å²) in [5, 5.41) is 9.52. The van der Waals surface area contributed by atoms with E-state index in [1.165, 1.54) is 0 Å². The fourth-order valence-corrected chi connectivity index (χ4v) is 1.51. The van der Waals surface area contributed by atoms with Crippen LogP contribution in [0.4, 0.5) is 0 Å². The first-order valence-electron chi connectivity index (χ1n) is 4.83. The summed E-state index contributed by atoms with van der Waals surface area (Å²) in [6.45, 7) is 4.42. The van der Waals surface area contributed by atoms with E-state index in [4.69, 9.17) is 9.47 Å². The number of rotatable bonds is 5. The first-order chi connectivity index (χ1) is 7.15. The van der Waals surface area contributed by atoms with Crippen molar-refractivity contribution in [2.45, 2.75) is 20.0 Å². The minimum atomic E-state index is -0.547. The van der Waals surface area contributed by atoms with Crippen LogP contribution >= 0.6 is 15.9 Å². The predicted octanol–water partition coefficient (Wildman–Crippen LogP) is 2.88. The summed E-state index contributed by atoms with van der Waals surface area (Å²) in [7, 11) is 0. The summed E-state index contributed by atoms with van der Waals surface area (Å²) in [4.78, 5) is 0. The molecule has 0 aliphatic carbocycles. The second-order valence-corrected chi connectivity index (χ2v) is 4.03. The quantitative estimate of drug-likeness (QED) is 0.663. The maximum Gasteiger partial charge on any atom is 0.189 e. The van der Waals surface area contributed by atoms with Gasteiger partial charge in [-0.15, -0.1) is 0 Å². The van der Waals surface area contributed by atoms with Crippen molar-refractivity contribution in [3.63, 3.8) is 0 Å². The number of halogens is 1. The molecule has 4 heteroatoms. The Morgan fingerprint density at radius 3 is 2.80 bits per heavy atom. The van der Waals surface area contributed by atoms with Gasteiger partial charge in [-0.25, -0.2) is 0 Å². The molecule has 0 aliphatic rings. The average Bonchev–Trinajstić information content (AvgIpc) is 2.18. The van der Waals surface area contributed by atoms with E-state index >= 15 is 0 Å².